The number of fused-ring (bicyclic) bond motifs is 1. The Kier molecular flexibility index (Phi) is 7.65. The van der Waals surface area contributed by atoms with Crippen LogP contribution in [0.2, 0.25) is 0 Å². The molecule has 0 unspecified atom stereocenters. The van der Waals surface area contributed by atoms with Gasteiger partial charge in [0.25, 0.3) is 0 Å². The largest absolute Gasteiger partial charge is 0.497 e. The fourth-order valence-corrected chi connectivity index (χ4v) is 4.88. The van der Waals surface area contributed by atoms with E-state index in [0.29, 0.717) is 6.42 Å². The number of ether oxygens (including phenoxy) is 2. The van der Waals surface area contributed by atoms with E-state index in [9.17, 15) is 4.79 Å². The van der Waals surface area contributed by atoms with Crippen molar-refractivity contribution < 1.29 is 14.3 Å². The van der Waals surface area contributed by atoms with E-state index in [4.69, 9.17) is 14.5 Å². The number of amides is 1. The van der Waals surface area contributed by atoms with Gasteiger partial charge in [-0.05, 0) is 55.0 Å². The summed E-state index contributed by atoms with van der Waals surface area (Å²) in [6, 6.07) is 16.3. The molecule has 1 fully saturated rings. The fourth-order valence-electron chi connectivity index (χ4n) is 4.88. The number of rotatable bonds is 9. The van der Waals surface area contributed by atoms with Gasteiger partial charge in [0.1, 0.15) is 11.6 Å². The number of hydrogen-bond acceptors (Lipinski definition) is 4. The molecule has 0 bridgehead atoms. The maximum absolute atomic E-state index is 13.2. The summed E-state index contributed by atoms with van der Waals surface area (Å²) in [5, 5.41) is 0. The number of benzene rings is 2. The molecule has 3 aromatic rings. The van der Waals surface area contributed by atoms with E-state index in [1.807, 2.05) is 29.2 Å². The lowest BCUT2D eigenvalue weighted by molar-refractivity contribution is -0.132. The van der Waals surface area contributed by atoms with E-state index in [0.717, 1.165) is 68.2 Å². The first kappa shape index (κ1) is 23.3. The van der Waals surface area contributed by atoms with Gasteiger partial charge in [-0.15, -0.1) is 0 Å². The zero-order chi connectivity index (χ0) is 23.2. The number of aryl methyl sites for hydroxylation is 1. The van der Waals surface area contributed by atoms with E-state index in [1.54, 1.807) is 14.2 Å². The molecule has 1 aliphatic heterocycles. The van der Waals surface area contributed by atoms with Gasteiger partial charge in [0.05, 0.1) is 18.1 Å². The molecule has 6 heteroatoms. The van der Waals surface area contributed by atoms with Crippen LogP contribution in [0.3, 0.4) is 0 Å². The minimum Gasteiger partial charge on any atom is -0.497 e. The number of para-hydroxylation sites is 2. The first-order valence-corrected chi connectivity index (χ1v) is 12.0. The molecular formula is C27H35N3O3. The molecule has 0 radical (unpaired) electrons. The van der Waals surface area contributed by atoms with Gasteiger partial charge in [-0.1, -0.05) is 31.2 Å². The van der Waals surface area contributed by atoms with Crippen LogP contribution in [0.5, 0.6) is 5.75 Å². The highest BCUT2D eigenvalue weighted by Gasteiger charge is 2.29. The summed E-state index contributed by atoms with van der Waals surface area (Å²) in [4.78, 5) is 20.3. The summed E-state index contributed by atoms with van der Waals surface area (Å²) < 4.78 is 13.0. The molecule has 1 aliphatic rings. The topological polar surface area (TPSA) is 56.6 Å². The minimum atomic E-state index is 0.145. The zero-order valence-corrected chi connectivity index (χ0v) is 20.0. The van der Waals surface area contributed by atoms with Crippen LogP contribution in [0.15, 0.2) is 48.5 Å². The highest BCUT2D eigenvalue weighted by atomic mass is 16.5. The van der Waals surface area contributed by atoms with Gasteiger partial charge >= 0.3 is 0 Å². The fraction of sp³-hybridized carbons (Fsp3) is 0.481. The third-order valence-corrected chi connectivity index (χ3v) is 6.70. The molecule has 1 aromatic heterocycles. The summed E-state index contributed by atoms with van der Waals surface area (Å²) in [6.07, 6.45) is 3.51. The van der Waals surface area contributed by atoms with E-state index in [1.165, 1.54) is 5.52 Å². The second-order valence-electron chi connectivity index (χ2n) is 9.02. The standard InChI is InChI=1S/C27H35N3O3/c1-20(21-9-6-11-23(18-21)33-3)17-26(31)29-14-7-10-22(19-29)27-28-24-12-4-5-13-25(24)30(27)15-8-16-32-2/h4-6,9,11-13,18,20,22H,7-8,10,14-17,19H2,1-3H3/t20-,22+/m0/s1. The third kappa shape index (κ3) is 5.38. The summed E-state index contributed by atoms with van der Waals surface area (Å²) in [6.45, 7) is 5.27. The number of nitrogens with zero attached hydrogens (tertiary/aromatic N) is 3. The molecule has 2 atom stereocenters. The van der Waals surface area contributed by atoms with Crippen LogP contribution in [-0.4, -0.2) is 54.3 Å². The zero-order valence-electron chi connectivity index (χ0n) is 20.0. The van der Waals surface area contributed by atoms with Crippen LogP contribution in [0, 0.1) is 0 Å². The highest BCUT2D eigenvalue weighted by Crippen LogP contribution is 2.31. The molecule has 0 saturated carbocycles. The first-order chi connectivity index (χ1) is 16.1. The predicted octanol–water partition coefficient (Wildman–Crippen LogP) is 4.98. The summed E-state index contributed by atoms with van der Waals surface area (Å²) in [7, 11) is 3.41. The van der Waals surface area contributed by atoms with Crippen LogP contribution in [0.4, 0.5) is 0 Å². The monoisotopic (exact) mass is 449 g/mol. The molecule has 4 rings (SSSR count). The van der Waals surface area contributed by atoms with Crippen LogP contribution in [0.25, 0.3) is 11.0 Å². The van der Waals surface area contributed by atoms with E-state index >= 15 is 0 Å². The van der Waals surface area contributed by atoms with Crippen molar-refractivity contribution in [3.8, 4) is 5.75 Å². The average molecular weight is 450 g/mol. The Morgan fingerprint density at radius 1 is 1.18 bits per heavy atom. The van der Waals surface area contributed by atoms with Crippen LogP contribution < -0.4 is 4.74 Å². The number of methoxy groups -OCH3 is 2. The Hall–Kier alpha value is -2.86. The lowest BCUT2D eigenvalue weighted by atomic mass is 9.94. The van der Waals surface area contributed by atoms with Gasteiger partial charge in [-0.3, -0.25) is 4.79 Å². The van der Waals surface area contributed by atoms with Gasteiger partial charge in [-0.2, -0.15) is 0 Å². The maximum atomic E-state index is 13.2. The summed E-state index contributed by atoms with van der Waals surface area (Å²) in [5.41, 5.74) is 3.33. The second-order valence-corrected chi connectivity index (χ2v) is 9.02. The molecule has 33 heavy (non-hydrogen) atoms. The lowest BCUT2D eigenvalue weighted by Gasteiger charge is -2.33. The maximum Gasteiger partial charge on any atom is 0.223 e. The van der Waals surface area contributed by atoms with Gasteiger partial charge in [-0.25, -0.2) is 4.98 Å². The quantitative estimate of drug-likeness (QED) is 0.432. The van der Waals surface area contributed by atoms with Gasteiger partial charge < -0.3 is 18.9 Å². The molecule has 0 spiro atoms. The normalized spacial score (nSPS) is 17.3. The third-order valence-electron chi connectivity index (χ3n) is 6.70. The molecule has 2 aromatic carbocycles. The number of hydrogen-bond donors (Lipinski definition) is 0. The van der Waals surface area contributed by atoms with Crippen molar-refractivity contribution >= 4 is 16.9 Å². The van der Waals surface area contributed by atoms with E-state index in [2.05, 4.69) is 35.8 Å². The summed E-state index contributed by atoms with van der Waals surface area (Å²) >= 11 is 0. The van der Waals surface area contributed by atoms with Crippen molar-refractivity contribution in [3.05, 3.63) is 59.9 Å². The Morgan fingerprint density at radius 2 is 2.03 bits per heavy atom. The lowest BCUT2D eigenvalue weighted by Crippen LogP contribution is -2.40. The smallest absolute Gasteiger partial charge is 0.223 e. The number of aromatic nitrogens is 2. The van der Waals surface area contributed by atoms with Crippen molar-refractivity contribution in [1.82, 2.24) is 14.5 Å². The number of carbonyl (C=O) groups excluding carboxylic acids is 1. The molecule has 176 valence electrons. The molecule has 1 amide bonds. The van der Waals surface area contributed by atoms with Crippen LogP contribution >= 0.6 is 0 Å². The molecule has 2 heterocycles. The van der Waals surface area contributed by atoms with Crippen LogP contribution in [0.1, 0.15) is 55.8 Å². The van der Waals surface area contributed by atoms with Crippen molar-refractivity contribution in [2.75, 3.05) is 33.9 Å². The second kappa shape index (κ2) is 10.8. The van der Waals surface area contributed by atoms with Gasteiger partial charge in [0.2, 0.25) is 5.91 Å². The summed E-state index contributed by atoms with van der Waals surface area (Å²) in [5.74, 6) is 2.55. The highest BCUT2D eigenvalue weighted by molar-refractivity contribution is 5.78. The minimum absolute atomic E-state index is 0.145. The molecule has 0 aliphatic carbocycles. The van der Waals surface area contributed by atoms with Crippen molar-refractivity contribution in [3.63, 3.8) is 0 Å². The molecular weight excluding hydrogens is 414 g/mol. The molecule has 1 saturated heterocycles. The van der Waals surface area contributed by atoms with Crippen molar-refractivity contribution in [1.29, 1.82) is 0 Å². The van der Waals surface area contributed by atoms with Crippen molar-refractivity contribution in [2.24, 2.45) is 0 Å². The Labute approximate surface area is 196 Å². The van der Waals surface area contributed by atoms with Gasteiger partial charge in [0, 0.05) is 45.7 Å². The first-order valence-electron chi connectivity index (χ1n) is 12.0. The molecule has 0 N–H and O–H groups in total. The average Bonchev–Trinajstić information content (AvgIpc) is 3.23. The Balaban J connectivity index is 1.48. The van der Waals surface area contributed by atoms with E-state index < -0.39 is 0 Å². The predicted molar refractivity (Wildman–Crippen MR) is 131 cm³/mol. The number of imidazole rings is 1. The van der Waals surface area contributed by atoms with Gasteiger partial charge in [0.15, 0.2) is 0 Å². The Bertz CT molecular complexity index is 1080. The number of likely N-dealkylation sites (tertiary alicyclic amines) is 1. The SMILES string of the molecule is COCCCn1c([C@@H]2CCCN(C(=O)C[C@H](C)c3cccc(OC)c3)C2)nc2ccccc21. The number of carbonyl (C=O) groups is 1. The number of piperidine rings is 1. The Morgan fingerprint density at radius 3 is 2.85 bits per heavy atom. The van der Waals surface area contributed by atoms with E-state index in [-0.39, 0.29) is 17.7 Å². The van der Waals surface area contributed by atoms with Crippen molar-refractivity contribution in [2.45, 2.75) is 51.0 Å². The molecule has 6 nitrogen and oxygen atoms in total. The van der Waals surface area contributed by atoms with Crippen LogP contribution in [-0.2, 0) is 16.1 Å².